The van der Waals surface area contributed by atoms with Gasteiger partial charge in [0.15, 0.2) is 0 Å². The monoisotopic (exact) mass is 284 g/mol. The number of aryl methyl sites for hydroxylation is 1. The molecule has 0 saturated heterocycles. The molecule has 1 unspecified atom stereocenters. The van der Waals surface area contributed by atoms with Crippen molar-refractivity contribution in [3.63, 3.8) is 0 Å². The molecule has 4 nitrogen and oxygen atoms in total. The molecular formula is C17H20N2O2. The smallest absolute Gasteiger partial charge is 0.257 e. The van der Waals surface area contributed by atoms with Gasteiger partial charge in [0.25, 0.3) is 5.91 Å². The number of hydrogen-bond acceptors (Lipinski definition) is 3. The van der Waals surface area contributed by atoms with Gasteiger partial charge in [-0.25, -0.2) is 0 Å². The van der Waals surface area contributed by atoms with E-state index in [0.29, 0.717) is 16.8 Å². The molecule has 4 heteroatoms. The van der Waals surface area contributed by atoms with Crippen LogP contribution in [0.2, 0.25) is 0 Å². The number of nitrogens with zero attached hydrogens (tertiary/aromatic N) is 1. The molecule has 0 heterocycles. The molecular weight excluding hydrogens is 264 g/mol. The van der Waals surface area contributed by atoms with Crippen LogP contribution in [0.25, 0.3) is 0 Å². The number of anilines is 1. The third kappa shape index (κ3) is 2.99. The molecule has 1 amide bonds. The van der Waals surface area contributed by atoms with E-state index < -0.39 is 0 Å². The van der Waals surface area contributed by atoms with Crippen LogP contribution in [0.5, 0.6) is 5.75 Å². The lowest BCUT2D eigenvalue weighted by Crippen LogP contribution is -2.29. The average molecular weight is 284 g/mol. The maximum atomic E-state index is 12.6. The van der Waals surface area contributed by atoms with E-state index in [9.17, 15) is 9.90 Å². The van der Waals surface area contributed by atoms with Crippen LogP contribution >= 0.6 is 0 Å². The van der Waals surface area contributed by atoms with Crippen molar-refractivity contribution in [3.8, 4) is 5.75 Å². The van der Waals surface area contributed by atoms with Gasteiger partial charge in [0.05, 0.1) is 11.6 Å². The fourth-order valence-electron chi connectivity index (χ4n) is 2.24. The fourth-order valence-corrected chi connectivity index (χ4v) is 2.24. The van der Waals surface area contributed by atoms with Crippen molar-refractivity contribution in [2.24, 2.45) is 0 Å². The van der Waals surface area contributed by atoms with Crippen LogP contribution in [0.3, 0.4) is 0 Å². The first-order valence-electron chi connectivity index (χ1n) is 6.83. The predicted octanol–water partition coefficient (Wildman–Crippen LogP) is 3.12. The number of phenols is 1. The number of hydrogen-bond donors (Lipinski definition) is 2. The quantitative estimate of drug-likeness (QED) is 0.851. The SMILES string of the molecule is Cc1cccc(C(=O)N(C)C(C)c2cccc(N)c2)c1O. The molecule has 0 saturated carbocycles. The molecule has 0 fully saturated rings. The Labute approximate surface area is 124 Å². The van der Waals surface area contributed by atoms with Crippen LogP contribution in [-0.2, 0) is 0 Å². The molecule has 2 aromatic rings. The minimum atomic E-state index is -0.217. The summed E-state index contributed by atoms with van der Waals surface area (Å²) in [4.78, 5) is 14.2. The molecule has 0 aliphatic carbocycles. The maximum Gasteiger partial charge on any atom is 0.257 e. The van der Waals surface area contributed by atoms with Crippen LogP contribution < -0.4 is 5.73 Å². The second-order valence-electron chi connectivity index (χ2n) is 5.23. The summed E-state index contributed by atoms with van der Waals surface area (Å²) >= 11 is 0. The van der Waals surface area contributed by atoms with Crippen LogP contribution in [0.15, 0.2) is 42.5 Å². The van der Waals surface area contributed by atoms with Crippen LogP contribution in [0.1, 0.15) is 34.5 Å². The Morgan fingerprint density at radius 2 is 1.90 bits per heavy atom. The van der Waals surface area contributed by atoms with Gasteiger partial charge in [-0.05, 0) is 43.2 Å². The highest BCUT2D eigenvalue weighted by Crippen LogP contribution is 2.27. The number of rotatable bonds is 3. The van der Waals surface area contributed by atoms with Crippen molar-refractivity contribution in [1.29, 1.82) is 0 Å². The van der Waals surface area contributed by atoms with Crippen molar-refractivity contribution in [2.45, 2.75) is 19.9 Å². The van der Waals surface area contributed by atoms with Gasteiger partial charge in [0.1, 0.15) is 5.75 Å². The number of carbonyl (C=O) groups excluding carboxylic acids is 1. The van der Waals surface area contributed by atoms with E-state index in [-0.39, 0.29) is 17.7 Å². The Hall–Kier alpha value is -2.49. The Balaban J connectivity index is 2.29. The number of aromatic hydroxyl groups is 1. The molecule has 2 aromatic carbocycles. The summed E-state index contributed by atoms with van der Waals surface area (Å²) < 4.78 is 0. The van der Waals surface area contributed by atoms with Crippen molar-refractivity contribution in [2.75, 3.05) is 12.8 Å². The third-order valence-corrected chi connectivity index (χ3v) is 3.76. The van der Waals surface area contributed by atoms with E-state index in [1.807, 2.05) is 31.2 Å². The minimum Gasteiger partial charge on any atom is -0.507 e. The number of para-hydroxylation sites is 1. The number of carbonyl (C=O) groups is 1. The zero-order valence-corrected chi connectivity index (χ0v) is 12.5. The maximum absolute atomic E-state index is 12.6. The lowest BCUT2D eigenvalue weighted by atomic mass is 10.0. The Morgan fingerprint density at radius 3 is 2.57 bits per heavy atom. The first-order chi connectivity index (χ1) is 9.91. The summed E-state index contributed by atoms with van der Waals surface area (Å²) in [5, 5.41) is 10.0. The molecule has 1 atom stereocenters. The van der Waals surface area contributed by atoms with E-state index in [1.165, 1.54) is 0 Å². The number of amides is 1. The summed E-state index contributed by atoms with van der Waals surface area (Å²) in [6.07, 6.45) is 0. The number of nitrogens with two attached hydrogens (primary N) is 1. The molecule has 0 radical (unpaired) electrons. The van der Waals surface area contributed by atoms with Gasteiger partial charge in [-0.2, -0.15) is 0 Å². The van der Waals surface area contributed by atoms with Gasteiger partial charge in [0, 0.05) is 12.7 Å². The number of benzene rings is 2. The first kappa shape index (κ1) is 14.9. The number of nitrogen functional groups attached to an aromatic ring is 1. The lowest BCUT2D eigenvalue weighted by Gasteiger charge is -2.26. The van der Waals surface area contributed by atoms with Crippen molar-refractivity contribution in [1.82, 2.24) is 4.90 Å². The van der Waals surface area contributed by atoms with Gasteiger partial charge in [-0.15, -0.1) is 0 Å². The van der Waals surface area contributed by atoms with Crippen molar-refractivity contribution < 1.29 is 9.90 Å². The van der Waals surface area contributed by atoms with Crippen molar-refractivity contribution in [3.05, 3.63) is 59.2 Å². The topological polar surface area (TPSA) is 66.6 Å². The van der Waals surface area contributed by atoms with Gasteiger partial charge < -0.3 is 15.7 Å². The minimum absolute atomic E-state index is 0.0362. The molecule has 0 aromatic heterocycles. The van der Waals surface area contributed by atoms with E-state index in [4.69, 9.17) is 5.73 Å². The molecule has 3 N–H and O–H groups in total. The van der Waals surface area contributed by atoms with Gasteiger partial charge in [-0.1, -0.05) is 24.3 Å². The molecule has 0 aliphatic heterocycles. The fraction of sp³-hybridized carbons (Fsp3) is 0.235. The van der Waals surface area contributed by atoms with E-state index in [2.05, 4.69) is 0 Å². The zero-order chi connectivity index (χ0) is 15.6. The zero-order valence-electron chi connectivity index (χ0n) is 12.5. The van der Waals surface area contributed by atoms with Gasteiger partial charge in [-0.3, -0.25) is 4.79 Å². The average Bonchev–Trinajstić information content (AvgIpc) is 2.48. The standard InChI is InChI=1S/C17H20N2O2/c1-11-6-4-9-15(16(11)20)17(21)19(3)12(2)13-7-5-8-14(18)10-13/h4-10,12,20H,18H2,1-3H3. The molecule has 21 heavy (non-hydrogen) atoms. The molecule has 0 spiro atoms. The second-order valence-corrected chi connectivity index (χ2v) is 5.23. The van der Waals surface area contributed by atoms with Crippen molar-refractivity contribution >= 4 is 11.6 Å². The highest BCUT2D eigenvalue weighted by atomic mass is 16.3. The number of phenolic OH excluding ortho intramolecular Hbond substituents is 1. The summed E-state index contributed by atoms with van der Waals surface area (Å²) in [5.41, 5.74) is 8.41. The Morgan fingerprint density at radius 1 is 1.24 bits per heavy atom. The van der Waals surface area contributed by atoms with E-state index in [0.717, 1.165) is 5.56 Å². The predicted molar refractivity (Wildman–Crippen MR) is 84.2 cm³/mol. The Bertz CT molecular complexity index is 668. The molecule has 0 bridgehead atoms. The largest absolute Gasteiger partial charge is 0.507 e. The van der Waals surface area contributed by atoms with E-state index in [1.54, 1.807) is 37.1 Å². The normalized spacial score (nSPS) is 12.0. The summed E-state index contributed by atoms with van der Waals surface area (Å²) in [6.45, 7) is 3.70. The van der Waals surface area contributed by atoms with Gasteiger partial charge >= 0.3 is 0 Å². The lowest BCUT2D eigenvalue weighted by molar-refractivity contribution is 0.0739. The second kappa shape index (κ2) is 5.87. The highest BCUT2D eigenvalue weighted by Gasteiger charge is 2.21. The van der Waals surface area contributed by atoms with Gasteiger partial charge in [0.2, 0.25) is 0 Å². The Kier molecular flexibility index (Phi) is 4.17. The summed E-state index contributed by atoms with van der Waals surface area (Å²) in [7, 11) is 1.72. The summed E-state index contributed by atoms with van der Waals surface area (Å²) in [5.74, 6) is -0.180. The summed E-state index contributed by atoms with van der Waals surface area (Å²) in [6, 6.07) is 12.5. The first-order valence-corrected chi connectivity index (χ1v) is 6.83. The van der Waals surface area contributed by atoms with Crippen LogP contribution in [-0.4, -0.2) is 23.0 Å². The van der Waals surface area contributed by atoms with Crippen LogP contribution in [0.4, 0.5) is 5.69 Å². The molecule has 110 valence electrons. The third-order valence-electron chi connectivity index (χ3n) is 3.76. The highest BCUT2D eigenvalue weighted by molar-refractivity contribution is 5.97. The van der Waals surface area contributed by atoms with Crippen LogP contribution in [0, 0.1) is 6.92 Å². The molecule has 2 rings (SSSR count). The molecule has 0 aliphatic rings. The van der Waals surface area contributed by atoms with E-state index >= 15 is 0 Å².